The first-order valence-corrected chi connectivity index (χ1v) is 4.91. The highest BCUT2D eigenvalue weighted by molar-refractivity contribution is 9.10. The summed E-state index contributed by atoms with van der Waals surface area (Å²) in [5.41, 5.74) is 8.52. The monoisotopic (exact) mass is 277 g/mol. The second-order valence-corrected chi connectivity index (χ2v) is 3.92. The van der Waals surface area contributed by atoms with Crippen molar-refractivity contribution in [2.45, 2.75) is 6.92 Å². The number of rotatable bonds is 1. The van der Waals surface area contributed by atoms with Crippen LogP contribution < -0.4 is 11.2 Å². The molecule has 4 N–H and O–H groups in total. The fourth-order valence-corrected chi connectivity index (χ4v) is 1.58. The first-order chi connectivity index (χ1) is 6.54. The molecule has 0 bridgehead atoms. The Morgan fingerprint density at radius 3 is 2.86 bits per heavy atom. The Bertz CT molecular complexity index is 381. The van der Waals surface area contributed by atoms with E-state index in [1.54, 1.807) is 11.5 Å². The van der Waals surface area contributed by atoms with Gasteiger partial charge < -0.3 is 5.73 Å². The van der Waals surface area contributed by atoms with E-state index in [4.69, 9.17) is 22.5 Å². The molecule has 0 aromatic heterocycles. The van der Waals surface area contributed by atoms with Gasteiger partial charge in [0.15, 0.2) is 0 Å². The number of nitrogens with one attached hydrogen (secondary N) is 1. The van der Waals surface area contributed by atoms with Crippen molar-refractivity contribution >= 4 is 39.2 Å². The number of benzene rings is 1. The van der Waals surface area contributed by atoms with E-state index in [-0.39, 0.29) is 5.96 Å². The molecular weight excluding hydrogens is 269 g/mol. The Hall–Kier alpha value is -0.780. The topological polar surface area (TPSA) is 70.6 Å². The Labute approximate surface area is 94.9 Å². The lowest BCUT2D eigenvalue weighted by Gasteiger charge is -2.04. The van der Waals surface area contributed by atoms with Crippen LogP contribution in [0.4, 0.5) is 5.69 Å². The summed E-state index contributed by atoms with van der Waals surface area (Å²) in [5.74, 6) is -0.0920. The van der Waals surface area contributed by atoms with Crippen LogP contribution in [0.1, 0.15) is 5.56 Å². The largest absolute Gasteiger partial charge is 0.368 e. The summed E-state index contributed by atoms with van der Waals surface area (Å²) in [4.78, 5) is 3.88. The molecule has 0 fully saturated rings. The number of nitrogens with two attached hydrogens (primary N) is 1. The van der Waals surface area contributed by atoms with E-state index in [1.807, 2.05) is 13.0 Å². The standard InChI is InChI=1S/C8H9BrClN3O/c1-4-2-5(9)7(3-6(4)10)12-8(11)13-14/h2-3,14H,1H3,(H3,11,12,13). The van der Waals surface area contributed by atoms with Crippen LogP contribution in [0.2, 0.25) is 5.02 Å². The van der Waals surface area contributed by atoms with Gasteiger partial charge in [-0.15, -0.1) is 0 Å². The molecule has 0 saturated carbocycles. The number of aliphatic imine (C=N–C) groups is 1. The predicted molar refractivity (Wildman–Crippen MR) is 60.1 cm³/mol. The van der Waals surface area contributed by atoms with Crippen LogP contribution in [-0.2, 0) is 0 Å². The van der Waals surface area contributed by atoms with Gasteiger partial charge in [-0.2, -0.15) is 0 Å². The molecule has 1 aromatic rings. The van der Waals surface area contributed by atoms with Crippen molar-refractivity contribution < 1.29 is 5.21 Å². The fraction of sp³-hybridized carbons (Fsp3) is 0.125. The van der Waals surface area contributed by atoms with E-state index in [9.17, 15) is 0 Å². The van der Waals surface area contributed by atoms with Crippen LogP contribution >= 0.6 is 27.5 Å². The highest BCUT2D eigenvalue weighted by Gasteiger charge is 2.03. The summed E-state index contributed by atoms with van der Waals surface area (Å²) < 4.78 is 0.762. The number of aryl methyl sites for hydroxylation is 1. The summed E-state index contributed by atoms with van der Waals surface area (Å²) in [6.07, 6.45) is 0. The van der Waals surface area contributed by atoms with Crippen LogP contribution in [-0.4, -0.2) is 11.2 Å². The second-order valence-electron chi connectivity index (χ2n) is 2.66. The third-order valence-corrected chi connectivity index (χ3v) is 2.63. The van der Waals surface area contributed by atoms with Crippen molar-refractivity contribution in [2.75, 3.05) is 0 Å². The molecule has 0 aliphatic rings. The zero-order valence-corrected chi connectivity index (χ0v) is 9.72. The number of guanidine groups is 1. The quantitative estimate of drug-likeness (QED) is 0.419. The molecule has 1 rings (SSSR count). The van der Waals surface area contributed by atoms with E-state index in [1.165, 1.54) is 0 Å². The first kappa shape index (κ1) is 11.3. The molecule has 0 heterocycles. The van der Waals surface area contributed by atoms with Gasteiger partial charge in [0.1, 0.15) is 0 Å². The summed E-state index contributed by atoms with van der Waals surface area (Å²) in [6, 6.07) is 3.48. The minimum atomic E-state index is -0.0920. The van der Waals surface area contributed by atoms with Gasteiger partial charge in [-0.05, 0) is 40.5 Å². The normalized spacial score (nSPS) is 11.6. The smallest absolute Gasteiger partial charge is 0.218 e. The maximum absolute atomic E-state index is 8.46. The number of halogens is 2. The molecule has 0 aliphatic heterocycles. The molecule has 76 valence electrons. The first-order valence-electron chi connectivity index (χ1n) is 3.74. The van der Waals surface area contributed by atoms with Gasteiger partial charge in [-0.25, -0.2) is 10.5 Å². The number of hydroxylamine groups is 1. The summed E-state index contributed by atoms with van der Waals surface area (Å²) >= 11 is 9.21. The van der Waals surface area contributed by atoms with E-state index in [0.29, 0.717) is 10.7 Å². The maximum Gasteiger partial charge on any atom is 0.218 e. The van der Waals surface area contributed by atoms with Crippen molar-refractivity contribution in [3.8, 4) is 0 Å². The van der Waals surface area contributed by atoms with Crippen LogP contribution in [0.5, 0.6) is 0 Å². The van der Waals surface area contributed by atoms with Gasteiger partial charge in [0.2, 0.25) is 5.96 Å². The Kier molecular flexibility index (Phi) is 3.74. The van der Waals surface area contributed by atoms with E-state index < -0.39 is 0 Å². The third-order valence-electron chi connectivity index (χ3n) is 1.58. The lowest BCUT2D eigenvalue weighted by atomic mass is 10.2. The Morgan fingerprint density at radius 2 is 2.29 bits per heavy atom. The summed E-state index contributed by atoms with van der Waals surface area (Å²) in [7, 11) is 0. The number of hydrogen-bond acceptors (Lipinski definition) is 2. The molecule has 14 heavy (non-hydrogen) atoms. The van der Waals surface area contributed by atoms with Crippen molar-refractivity contribution in [3.63, 3.8) is 0 Å². The maximum atomic E-state index is 8.46. The molecule has 6 heteroatoms. The predicted octanol–water partition coefficient (Wildman–Crippen LogP) is 2.34. The Morgan fingerprint density at radius 1 is 1.64 bits per heavy atom. The molecule has 4 nitrogen and oxygen atoms in total. The zero-order valence-electron chi connectivity index (χ0n) is 7.38. The van der Waals surface area contributed by atoms with Crippen LogP contribution in [0.3, 0.4) is 0 Å². The number of hydrogen-bond donors (Lipinski definition) is 3. The van der Waals surface area contributed by atoms with Crippen molar-refractivity contribution in [2.24, 2.45) is 10.7 Å². The average molecular weight is 279 g/mol. The van der Waals surface area contributed by atoms with Crippen LogP contribution in [0.15, 0.2) is 21.6 Å². The lowest BCUT2D eigenvalue weighted by molar-refractivity contribution is 0.233. The molecule has 0 saturated heterocycles. The molecule has 0 radical (unpaired) electrons. The summed E-state index contributed by atoms with van der Waals surface area (Å²) in [5, 5.41) is 9.05. The lowest BCUT2D eigenvalue weighted by Crippen LogP contribution is -2.27. The molecule has 0 spiro atoms. The van der Waals surface area contributed by atoms with Gasteiger partial charge in [0.05, 0.1) is 5.69 Å². The van der Waals surface area contributed by atoms with Crippen molar-refractivity contribution in [1.29, 1.82) is 0 Å². The fourth-order valence-electron chi connectivity index (χ4n) is 0.876. The van der Waals surface area contributed by atoms with Gasteiger partial charge >= 0.3 is 0 Å². The minimum Gasteiger partial charge on any atom is -0.368 e. The van der Waals surface area contributed by atoms with Gasteiger partial charge in [0, 0.05) is 9.50 Å². The molecule has 0 aliphatic carbocycles. The van der Waals surface area contributed by atoms with Crippen molar-refractivity contribution in [1.82, 2.24) is 5.48 Å². The molecular formula is C8H9BrClN3O. The Balaban J connectivity index is 3.16. The highest BCUT2D eigenvalue weighted by Crippen LogP contribution is 2.31. The van der Waals surface area contributed by atoms with Crippen LogP contribution in [0.25, 0.3) is 0 Å². The SMILES string of the molecule is Cc1cc(Br)c(N=C(N)NO)cc1Cl. The van der Waals surface area contributed by atoms with E-state index in [0.717, 1.165) is 10.0 Å². The highest BCUT2D eigenvalue weighted by atomic mass is 79.9. The van der Waals surface area contributed by atoms with Crippen molar-refractivity contribution in [3.05, 3.63) is 27.2 Å². The average Bonchev–Trinajstić information content (AvgIpc) is 2.14. The van der Waals surface area contributed by atoms with Crippen LogP contribution in [0, 0.1) is 6.92 Å². The third kappa shape index (κ3) is 2.60. The molecule has 0 atom stereocenters. The minimum absolute atomic E-state index is 0.0920. The molecule has 0 amide bonds. The van der Waals surface area contributed by atoms with Gasteiger partial charge in [0.25, 0.3) is 0 Å². The summed E-state index contributed by atoms with van der Waals surface area (Å²) in [6.45, 7) is 1.88. The molecule has 1 aromatic carbocycles. The number of nitrogens with zero attached hydrogens (tertiary/aromatic N) is 1. The second kappa shape index (κ2) is 4.63. The van der Waals surface area contributed by atoms with Gasteiger partial charge in [-0.1, -0.05) is 11.6 Å². The zero-order chi connectivity index (χ0) is 10.7. The van der Waals surface area contributed by atoms with E-state index in [2.05, 4.69) is 20.9 Å². The van der Waals surface area contributed by atoms with Gasteiger partial charge in [-0.3, -0.25) is 5.21 Å². The van der Waals surface area contributed by atoms with E-state index >= 15 is 0 Å². The molecule has 0 unspecified atom stereocenters.